The third-order valence-corrected chi connectivity index (χ3v) is 6.16. The van der Waals surface area contributed by atoms with Crippen LogP contribution in [0.25, 0.3) is 11.2 Å². The highest BCUT2D eigenvalue weighted by Crippen LogP contribution is 2.40. The molecule has 3 atom stereocenters. The number of nitrogens with one attached hydrogen (secondary N) is 1. The van der Waals surface area contributed by atoms with Crippen molar-refractivity contribution in [3.63, 3.8) is 0 Å². The maximum absolute atomic E-state index is 12.7. The lowest BCUT2D eigenvalue weighted by atomic mass is 10.0. The van der Waals surface area contributed by atoms with E-state index in [1.165, 1.54) is 12.3 Å². The van der Waals surface area contributed by atoms with Gasteiger partial charge < -0.3 is 10.2 Å². The highest BCUT2D eigenvalue weighted by atomic mass is 19.4. The maximum Gasteiger partial charge on any atom is 0.417 e. The standard InChI is InChI=1S/C20H20F5N7/c21-16(22)10-32-19-15(6-28-32)26-7-17(30-19)29-14-3-11-8-31(9-12(11)4-14)18-2-1-13(5-27-18)20(23,24)25/h1-2,5-7,11-12,14,16H,3-4,8-10H2,(H,29,30)/t11-,12+,14+. The Bertz CT molecular complexity index is 1080. The highest BCUT2D eigenvalue weighted by molar-refractivity contribution is 5.71. The van der Waals surface area contributed by atoms with E-state index >= 15 is 0 Å². The fourth-order valence-corrected chi connectivity index (χ4v) is 4.74. The van der Waals surface area contributed by atoms with Gasteiger partial charge in [-0.25, -0.2) is 28.4 Å². The van der Waals surface area contributed by atoms with Crippen molar-refractivity contribution in [1.82, 2.24) is 24.7 Å². The second kappa shape index (κ2) is 7.82. The first-order chi connectivity index (χ1) is 15.3. The van der Waals surface area contributed by atoms with Crippen LogP contribution in [-0.2, 0) is 12.7 Å². The normalized spacial score (nSPS) is 23.3. The molecule has 0 aromatic carbocycles. The Morgan fingerprint density at radius 3 is 2.41 bits per heavy atom. The monoisotopic (exact) mass is 453 g/mol. The molecule has 0 spiro atoms. The molecule has 2 fully saturated rings. The first-order valence-electron chi connectivity index (χ1n) is 10.3. The number of anilines is 2. The lowest BCUT2D eigenvalue weighted by Crippen LogP contribution is -2.26. The first-order valence-corrected chi connectivity index (χ1v) is 10.3. The molecule has 170 valence electrons. The summed E-state index contributed by atoms with van der Waals surface area (Å²) in [6.07, 6.45) is -1.32. The largest absolute Gasteiger partial charge is 0.417 e. The summed E-state index contributed by atoms with van der Waals surface area (Å²) in [4.78, 5) is 14.7. The molecule has 2 aliphatic rings. The molecule has 7 nitrogen and oxygen atoms in total. The van der Waals surface area contributed by atoms with E-state index in [1.54, 1.807) is 6.20 Å². The molecular formula is C20H20F5N7. The molecule has 1 saturated heterocycles. The van der Waals surface area contributed by atoms with E-state index < -0.39 is 24.7 Å². The molecule has 1 N–H and O–H groups in total. The first kappa shape index (κ1) is 20.8. The summed E-state index contributed by atoms with van der Waals surface area (Å²) in [6, 6.07) is 2.65. The van der Waals surface area contributed by atoms with Crippen molar-refractivity contribution >= 4 is 22.8 Å². The molecule has 1 aliphatic carbocycles. The van der Waals surface area contributed by atoms with Crippen molar-refractivity contribution in [2.75, 3.05) is 23.3 Å². The molecule has 1 saturated carbocycles. The van der Waals surface area contributed by atoms with E-state index in [0.717, 1.165) is 42.9 Å². The van der Waals surface area contributed by atoms with E-state index in [2.05, 4.69) is 25.4 Å². The summed E-state index contributed by atoms with van der Waals surface area (Å²) < 4.78 is 64.8. The molecule has 3 aromatic rings. The second-order valence-corrected chi connectivity index (χ2v) is 8.32. The molecule has 12 heteroatoms. The van der Waals surface area contributed by atoms with E-state index in [0.29, 0.717) is 34.6 Å². The van der Waals surface area contributed by atoms with E-state index in [1.807, 2.05) is 4.90 Å². The molecule has 32 heavy (non-hydrogen) atoms. The number of rotatable bonds is 5. The van der Waals surface area contributed by atoms with E-state index in [4.69, 9.17) is 0 Å². The van der Waals surface area contributed by atoms with Gasteiger partial charge in [0.1, 0.15) is 23.7 Å². The van der Waals surface area contributed by atoms with Crippen LogP contribution >= 0.6 is 0 Å². The quantitative estimate of drug-likeness (QED) is 0.592. The zero-order valence-electron chi connectivity index (χ0n) is 16.8. The summed E-state index contributed by atoms with van der Waals surface area (Å²) >= 11 is 0. The number of halogens is 5. The molecule has 0 amide bonds. The summed E-state index contributed by atoms with van der Waals surface area (Å²) in [5, 5.41) is 7.27. The van der Waals surface area contributed by atoms with Crippen LogP contribution in [0, 0.1) is 11.8 Å². The van der Waals surface area contributed by atoms with Gasteiger partial charge >= 0.3 is 6.18 Å². The topological polar surface area (TPSA) is 71.8 Å². The second-order valence-electron chi connectivity index (χ2n) is 8.32. The number of alkyl halides is 5. The summed E-state index contributed by atoms with van der Waals surface area (Å²) in [7, 11) is 0. The zero-order valence-corrected chi connectivity index (χ0v) is 16.8. The van der Waals surface area contributed by atoms with Gasteiger partial charge in [-0.3, -0.25) is 0 Å². The molecule has 0 radical (unpaired) electrons. The van der Waals surface area contributed by atoms with Crippen LogP contribution in [0.3, 0.4) is 0 Å². The Balaban J connectivity index is 1.21. The van der Waals surface area contributed by atoms with E-state index in [-0.39, 0.29) is 6.04 Å². The highest BCUT2D eigenvalue weighted by Gasteiger charge is 2.41. The average Bonchev–Trinajstić information content (AvgIpc) is 3.41. The molecule has 0 bridgehead atoms. The van der Waals surface area contributed by atoms with Crippen LogP contribution < -0.4 is 10.2 Å². The predicted octanol–water partition coefficient (Wildman–Crippen LogP) is 3.83. The third-order valence-electron chi connectivity index (χ3n) is 6.16. The van der Waals surface area contributed by atoms with Crippen LogP contribution in [0.5, 0.6) is 0 Å². The van der Waals surface area contributed by atoms with Crippen molar-refractivity contribution in [1.29, 1.82) is 0 Å². The van der Waals surface area contributed by atoms with Gasteiger partial charge in [0.2, 0.25) is 0 Å². The molecule has 0 unspecified atom stereocenters. The number of nitrogens with zero attached hydrogens (tertiary/aromatic N) is 6. The Kier molecular flexibility index (Phi) is 5.09. The lowest BCUT2D eigenvalue weighted by Gasteiger charge is -2.21. The number of pyridine rings is 1. The predicted molar refractivity (Wildman–Crippen MR) is 106 cm³/mol. The molecular weight excluding hydrogens is 433 g/mol. The molecule has 5 rings (SSSR count). The van der Waals surface area contributed by atoms with Gasteiger partial charge in [-0.15, -0.1) is 0 Å². The van der Waals surface area contributed by atoms with Gasteiger partial charge in [0.25, 0.3) is 6.43 Å². The van der Waals surface area contributed by atoms with Gasteiger partial charge in [0.05, 0.1) is 18.0 Å². The van der Waals surface area contributed by atoms with Crippen LogP contribution in [0.4, 0.5) is 33.6 Å². The maximum atomic E-state index is 12.7. The minimum Gasteiger partial charge on any atom is -0.366 e. The van der Waals surface area contributed by atoms with Crippen LogP contribution in [-0.4, -0.2) is 50.3 Å². The fraction of sp³-hybridized carbons (Fsp3) is 0.500. The van der Waals surface area contributed by atoms with E-state index in [9.17, 15) is 22.0 Å². The smallest absolute Gasteiger partial charge is 0.366 e. The van der Waals surface area contributed by atoms with Crippen molar-refractivity contribution < 1.29 is 22.0 Å². The Hall–Kier alpha value is -3.05. The lowest BCUT2D eigenvalue weighted by molar-refractivity contribution is -0.137. The van der Waals surface area contributed by atoms with Gasteiger partial charge in [-0.1, -0.05) is 0 Å². The van der Waals surface area contributed by atoms with Crippen molar-refractivity contribution in [3.05, 3.63) is 36.3 Å². The van der Waals surface area contributed by atoms with Gasteiger partial charge in [0.15, 0.2) is 5.65 Å². The minimum absolute atomic E-state index is 0.158. The third kappa shape index (κ3) is 4.05. The van der Waals surface area contributed by atoms with Crippen molar-refractivity contribution in [3.8, 4) is 0 Å². The number of hydrogen-bond donors (Lipinski definition) is 1. The van der Waals surface area contributed by atoms with Gasteiger partial charge in [0, 0.05) is 25.3 Å². The zero-order chi connectivity index (χ0) is 22.5. The number of fused-ring (bicyclic) bond motifs is 2. The minimum atomic E-state index is -4.39. The Morgan fingerprint density at radius 1 is 1.03 bits per heavy atom. The fourth-order valence-electron chi connectivity index (χ4n) is 4.74. The molecule has 1 aliphatic heterocycles. The van der Waals surface area contributed by atoms with Gasteiger partial charge in [-0.2, -0.15) is 18.3 Å². The van der Waals surface area contributed by atoms with Crippen molar-refractivity contribution in [2.45, 2.75) is 38.0 Å². The Labute approximate surface area is 179 Å². The summed E-state index contributed by atoms with van der Waals surface area (Å²) in [5.74, 6) is 1.84. The average molecular weight is 453 g/mol. The Morgan fingerprint density at radius 2 is 1.78 bits per heavy atom. The number of hydrogen-bond acceptors (Lipinski definition) is 6. The van der Waals surface area contributed by atoms with Gasteiger partial charge in [-0.05, 0) is 36.8 Å². The summed E-state index contributed by atoms with van der Waals surface area (Å²) in [5.41, 5.74) is 0.0186. The SMILES string of the molecule is FC(F)Cn1ncc2ncc(N[C@H]3C[C@@H]4CN(c5ccc(C(F)(F)F)cn5)C[C@@H]4C3)nc21. The van der Waals surface area contributed by atoms with Crippen LogP contribution in [0.15, 0.2) is 30.7 Å². The van der Waals surface area contributed by atoms with Crippen LogP contribution in [0.2, 0.25) is 0 Å². The number of aromatic nitrogens is 5. The summed E-state index contributed by atoms with van der Waals surface area (Å²) in [6.45, 7) is 0.920. The van der Waals surface area contributed by atoms with Crippen LogP contribution in [0.1, 0.15) is 18.4 Å². The van der Waals surface area contributed by atoms with Crippen molar-refractivity contribution in [2.24, 2.45) is 11.8 Å². The molecule has 3 aromatic heterocycles. The molecule has 4 heterocycles.